The molecule has 0 bridgehead atoms. The van der Waals surface area contributed by atoms with Crippen molar-refractivity contribution in [2.45, 2.75) is 19.3 Å². The first-order chi connectivity index (χ1) is 12.6. The quantitative estimate of drug-likeness (QED) is 0.858. The number of benzene rings is 1. The van der Waals surface area contributed by atoms with Crippen LogP contribution in [0.15, 0.2) is 29.4 Å². The topological polar surface area (TPSA) is 91.3 Å². The summed E-state index contributed by atoms with van der Waals surface area (Å²) in [6, 6.07) is 7.01. The highest BCUT2D eigenvalue weighted by Crippen LogP contribution is 2.15. The van der Waals surface area contributed by atoms with E-state index in [0.29, 0.717) is 56.0 Å². The Labute approximate surface area is 151 Å². The summed E-state index contributed by atoms with van der Waals surface area (Å²) in [6.45, 7) is 2.08. The van der Waals surface area contributed by atoms with Crippen LogP contribution in [0, 0.1) is 0 Å². The summed E-state index contributed by atoms with van der Waals surface area (Å²) < 4.78 is 5.11. The van der Waals surface area contributed by atoms with Crippen molar-refractivity contribution in [3.63, 3.8) is 0 Å². The van der Waals surface area contributed by atoms with Crippen LogP contribution in [-0.2, 0) is 9.59 Å². The predicted octanol–water partition coefficient (Wildman–Crippen LogP) is 0.636. The molecule has 1 saturated heterocycles. The molecule has 26 heavy (non-hydrogen) atoms. The molecule has 2 heterocycles. The molecular formula is C18H22N4O4. The third-order valence-corrected chi connectivity index (χ3v) is 4.56. The van der Waals surface area contributed by atoms with Crippen LogP contribution in [0.5, 0.6) is 5.75 Å². The average Bonchev–Trinajstić information content (AvgIpc) is 2.94. The molecule has 3 amide bonds. The van der Waals surface area contributed by atoms with Crippen LogP contribution < -0.4 is 10.2 Å². The number of hydrogen-bond acceptors (Lipinski definition) is 5. The third-order valence-electron chi connectivity index (χ3n) is 4.56. The van der Waals surface area contributed by atoms with Gasteiger partial charge in [0.15, 0.2) is 0 Å². The maximum atomic E-state index is 12.7. The van der Waals surface area contributed by atoms with Crippen molar-refractivity contribution in [1.29, 1.82) is 0 Å². The highest BCUT2D eigenvalue weighted by atomic mass is 16.5. The lowest BCUT2D eigenvalue weighted by atomic mass is 10.1. The molecule has 2 aliphatic heterocycles. The summed E-state index contributed by atoms with van der Waals surface area (Å²) in [6.07, 6.45) is 1.34. The summed E-state index contributed by atoms with van der Waals surface area (Å²) in [5.74, 6) is 0.316. The number of nitrogens with zero attached hydrogens (tertiary/aromatic N) is 3. The van der Waals surface area contributed by atoms with E-state index in [1.807, 2.05) is 0 Å². The summed E-state index contributed by atoms with van der Waals surface area (Å²) in [5.41, 5.74) is 3.33. The number of ether oxygens (including phenoxy) is 1. The molecule has 0 atom stereocenters. The molecule has 0 aliphatic carbocycles. The standard InChI is InChI=1S/C18H22N4O4/c1-26-14-5-3-13(4-6-14)17(24)21-9-2-10-22(12-11-21)18(25)15-7-8-16(23)20-19-15/h3-6H,2,7-12H2,1H3,(H,20,23). The normalized spacial score (nSPS) is 17.9. The molecule has 3 rings (SSSR count). The molecule has 0 aromatic heterocycles. The fourth-order valence-electron chi connectivity index (χ4n) is 3.05. The molecule has 1 fully saturated rings. The Balaban J connectivity index is 1.61. The van der Waals surface area contributed by atoms with Gasteiger partial charge in [-0.05, 0) is 30.7 Å². The van der Waals surface area contributed by atoms with Crippen LogP contribution >= 0.6 is 0 Å². The van der Waals surface area contributed by atoms with Gasteiger partial charge in [-0.25, -0.2) is 5.43 Å². The van der Waals surface area contributed by atoms with Crippen LogP contribution in [0.2, 0.25) is 0 Å². The predicted molar refractivity (Wildman–Crippen MR) is 94.9 cm³/mol. The summed E-state index contributed by atoms with van der Waals surface area (Å²) >= 11 is 0. The number of methoxy groups -OCH3 is 1. The zero-order valence-corrected chi connectivity index (χ0v) is 14.7. The number of carbonyl (C=O) groups is 3. The molecule has 2 aliphatic rings. The number of amides is 3. The van der Waals surface area contributed by atoms with Crippen molar-refractivity contribution < 1.29 is 19.1 Å². The Morgan fingerprint density at radius 1 is 1.00 bits per heavy atom. The van der Waals surface area contributed by atoms with Crippen molar-refractivity contribution >= 4 is 23.4 Å². The largest absolute Gasteiger partial charge is 0.497 e. The van der Waals surface area contributed by atoms with Gasteiger partial charge in [0.1, 0.15) is 11.5 Å². The highest BCUT2D eigenvalue weighted by Gasteiger charge is 2.27. The Morgan fingerprint density at radius 2 is 1.65 bits per heavy atom. The zero-order chi connectivity index (χ0) is 18.5. The first kappa shape index (κ1) is 17.9. The lowest BCUT2D eigenvalue weighted by molar-refractivity contribution is -0.124. The number of carbonyl (C=O) groups excluding carboxylic acids is 3. The minimum absolute atomic E-state index is 0.0516. The lowest BCUT2D eigenvalue weighted by Gasteiger charge is -2.23. The van der Waals surface area contributed by atoms with E-state index in [0.717, 1.165) is 0 Å². The molecule has 8 nitrogen and oxygen atoms in total. The van der Waals surface area contributed by atoms with E-state index in [9.17, 15) is 14.4 Å². The van der Waals surface area contributed by atoms with Gasteiger partial charge in [0, 0.05) is 44.6 Å². The zero-order valence-electron chi connectivity index (χ0n) is 14.7. The maximum absolute atomic E-state index is 12.7. The van der Waals surface area contributed by atoms with Crippen molar-refractivity contribution in [3.8, 4) is 5.75 Å². The average molecular weight is 358 g/mol. The van der Waals surface area contributed by atoms with Gasteiger partial charge in [0.05, 0.1) is 7.11 Å². The van der Waals surface area contributed by atoms with Crippen LogP contribution in [0.3, 0.4) is 0 Å². The van der Waals surface area contributed by atoms with Gasteiger partial charge in [-0.1, -0.05) is 0 Å². The second kappa shape index (κ2) is 7.99. The smallest absolute Gasteiger partial charge is 0.270 e. The molecule has 138 valence electrons. The second-order valence-corrected chi connectivity index (χ2v) is 6.26. The molecule has 1 N–H and O–H groups in total. The maximum Gasteiger partial charge on any atom is 0.270 e. The van der Waals surface area contributed by atoms with Gasteiger partial charge < -0.3 is 14.5 Å². The van der Waals surface area contributed by atoms with E-state index in [2.05, 4.69) is 10.5 Å². The molecule has 1 aromatic carbocycles. The van der Waals surface area contributed by atoms with E-state index in [4.69, 9.17) is 4.74 Å². The van der Waals surface area contributed by atoms with Gasteiger partial charge in [0.25, 0.3) is 11.8 Å². The minimum atomic E-state index is -0.173. The summed E-state index contributed by atoms with van der Waals surface area (Å²) in [4.78, 5) is 39.9. The number of nitrogens with one attached hydrogen (secondary N) is 1. The fourth-order valence-corrected chi connectivity index (χ4v) is 3.05. The minimum Gasteiger partial charge on any atom is -0.497 e. The molecule has 0 unspecified atom stereocenters. The first-order valence-corrected chi connectivity index (χ1v) is 8.66. The Morgan fingerprint density at radius 3 is 2.23 bits per heavy atom. The van der Waals surface area contributed by atoms with E-state index >= 15 is 0 Å². The van der Waals surface area contributed by atoms with Crippen LogP contribution in [0.1, 0.15) is 29.6 Å². The fraction of sp³-hybridized carbons (Fsp3) is 0.444. The van der Waals surface area contributed by atoms with Crippen molar-refractivity contribution in [3.05, 3.63) is 29.8 Å². The van der Waals surface area contributed by atoms with E-state index in [-0.39, 0.29) is 24.1 Å². The van der Waals surface area contributed by atoms with Crippen molar-refractivity contribution in [1.82, 2.24) is 15.2 Å². The molecule has 0 saturated carbocycles. The van der Waals surface area contributed by atoms with Gasteiger partial charge in [0.2, 0.25) is 5.91 Å². The Kier molecular flexibility index (Phi) is 5.50. The summed E-state index contributed by atoms with van der Waals surface area (Å²) in [7, 11) is 1.58. The SMILES string of the molecule is COc1ccc(C(=O)N2CCCN(C(=O)C3=NNC(=O)CC3)CC2)cc1. The monoisotopic (exact) mass is 358 g/mol. The highest BCUT2D eigenvalue weighted by molar-refractivity contribution is 6.39. The van der Waals surface area contributed by atoms with E-state index < -0.39 is 0 Å². The molecule has 0 radical (unpaired) electrons. The van der Waals surface area contributed by atoms with E-state index in [1.54, 1.807) is 41.2 Å². The van der Waals surface area contributed by atoms with Crippen molar-refractivity contribution in [2.24, 2.45) is 5.10 Å². The summed E-state index contributed by atoms with van der Waals surface area (Å²) in [5, 5.41) is 3.87. The van der Waals surface area contributed by atoms with Gasteiger partial charge in [-0.2, -0.15) is 5.10 Å². The molecular weight excluding hydrogens is 336 g/mol. The number of hydrogen-bond donors (Lipinski definition) is 1. The second-order valence-electron chi connectivity index (χ2n) is 6.26. The third kappa shape index (κ3) is 4.01. The van der Waals surface area contributed by atoms with E-state index in [1.165, 1.54) is 0 Å². The van der Waals surface area contributed by atoms with Crippen LogP contribution in [-0.4, -0.2) is 66.5 Å². The molecule has 0 spiro atoms. The van der Waals surface area contributed by atoms with Gasteiger partial charge in [-0.15, -0.1) is 0 Å². The van der Waals surface area contributed by atoms with Gasteiger partial charge >= 0.3 is 0 Å². The molecule has 8 heteroatoms. The van der Waals surface area contributed by atoms with Crippen LogP contribution in [0.4, 0.5) is 0 Å². The lowest BCUT2D eigenvalue weighted by Crippen LogP contribution is -2.42. The van der Waals surface area contributed by atoms with Gasteiger partial charge in [-0.3, -0.25) is 14.4 Å². The number of rotatable bonds is 3. The number of hydrazone groups is 1. The first-order valence-electron chi connectivity index (χ1n) is 8.66. The molecule has 1 aromatic rings. The Hall–Kier alpha value is -2.90. The van der Waals surface area contributed by atoms with Crippen LogP contribution in [0.25, 0.3) is 0 Å². The van der Waals surface area contributed by atoms with Crippen molar-refractivity contribution in [2.75, 3.05) is 33.3 Å². The Bertz CT molecular complexity index is 729.